The standard InChI is InChI=1S/C22H25N3/c1-3-9-20(10-4-1)18-25(19-21-11-5-2-6-12-21)16-15-23-17-22-13-7-8-14-24-22/h1-14,23H,15-19H2. The maximum Gasteiger partial charge on any atom is 0.0541 e. The smallest absolute Gasteiger partial charge is 0.0541 e. The van der Waals surface area contributed by atoms with Crippen LogP contribution in [0.5, 0.6) is 0 Å². The van der Waals surface area contributed by atoms with Gasteiger partial charge in [0.2, 0.25) is 0 Å². The van der Waals surface area contributed by atoms with E-state index in [2.05, 4.69) is 81.9 Å². The highest BCUT2D eigenvalue weighted by Crippen LogP contribution is 2.09. The zero-order valence-electron chi connectivity index (χ0n) is 14.5. The number of hydrogen-bond acceptors (Lipinski definition) is 3. The summed E-state index contributed by atoms with van der Waals surface area (Å²) in [5.41, 5.74) is 3.78. The fourth-order valence-corrected chi connectivity index (χ4v) is 2.85. The summed E-state index contributed by atoms with van der Waals surface area (Å²) in [6.45, 7) is 4.67. The molecule has 128 valence electrons. The number of hydrogen-bond donors (Lipinski definition) is 1. The molecule has 0 saturated carbocycles. The van der Waals surface area contributed by atoms with Crippen LogP contribution in [0.4, 0.5) is 0 Å². The number of aromatic nitrogens is 1. The highest BCUT2D eigenvalue weighted by Gasteiger charge is 2.07. The zero-order chi connectivity index (χ0) is 17.2. The van der Waals surface area contributed by atoms with E-state index in [1.807, 2.05) is 18.3 Å². The average Bonchev–Trinajstić information content (AvgIpc) is 2.67. The molecule has 0 aliphatic carbocycles. The van der Waals surface area contributed by atoms with Crippen LogP contribution in [-0.2, 0) is 19.6 Å². The third kappa shape index (κ3) is 6.14. The Morgan fingerprint density at radius 2 is 1.32 bits per heavy atom. The lowest BCUT2D eigenvalue weighted by Crippen LogP contribution is -2.31. The predicted molar refractivity (Wildman–Crippen MR) is 103 cm³/mol. The quantitative estimate of drug-likeness (QED) is 0.603. The van der Waals surface area contributed by atoms with Crippen molar-refractivity contribution in [2.24, 2.45) is 0 Å². The van der Waals surface area contributed by atoms with Gasteiger partial charge in [0.25, 0.3) is 0 Å². The lowest BCUT2D eigenvalue weighted by Gasteiger charge is -2.23. The summed E-state index contributed by atoms with van der Waals surface area (Å²) in [7, 11) is 0. The van der Waals surface area contributed by atoms with Gasteiger partial charge in [-0.1, -0.05) is 66.7 Å². The predicted octanol–water partition coefficient (Wildman–Crippen LogP) is 3.87. The monoisotopic (exact) mass is 331 g/mol. The van der Waals surface area contributed by atoms with Crippen LogP contribution in [-0.4, -0.2) is 23.0 Å². The van der Waals surface area contributed by atoms with Gasteiger partial charge in [0.05, 0.1) is 5.69 Å². The second-order valence-corrected chi connectivity index (χ2v) is 6.18. The van der Waals surface area contributed by atoms with E-state index < -0.39 is 0 Å². The molecule has 0 bridgehead atoms. The maximum atomic E-state index is 4.35. The lowest BCUT2D eigenvalue weighted by molar-refractivity contribution is 0.256. The van der Waals surface area contributed by atoms with Crippen molar-refractivity contribution < 1.29 is 0 Å². The summed E-state index contributed by atoms with van der Waals surface area (Å²) < 4.78 is 0. The van der Waals surface area contributed by atoms with Crippen LogP contribution in [0.1, 0.15) is 16.8 Å². The Bertz CT molecular complexity index is 673. The van der Waals surface area contributed by atoms with Gasteiger partial charge in [0, 0.05) is 38.9 Å². The molecule has 3 nitrogen and oxygen atoms in total. The van der Waals surface area contributed by atoms with Crippen LogP contribution in [0.15, 0.2) is 85.1 Å². The van der Waals surface area contributed by atoms with Gasteiger partial charge in [-0.15, -0.1) is 0 Å². The molecule has 0 radical (unpaired) electrons. The summed E-state index contributed by atoms with van der Waals surface area (Å²) in [5.74, 6) is 0. The Morgan fingerprint density at radius 3 is 1.88 bits per heavy atom. The van der Waals surface area contributed by atoms with Gasteiger partial charge >= 0.3 is 0 Å². The maximum absolute atomic E-state index is 4.35. The summed E-state index contributed by atoms with van der Waals surface area (Å²) in [5, 5.41) is 3.50. The first-order chi connectivity index (χ1) is 12.4. The first-order valence-corrected chi connectivity index (χ1v) is 8.81. The van der Waals surface area contributed by atoms with Crippen molar-refractivity contribution in [3.8, 4) is 0 Å². The molecule has 1 heterocycles. The van der Waals surface area contributed by atoms with Gasteiger partial charge in [-0.05, 0) is 23.3 Å². The lowest BCUT2D eigenvalue weighted by atomic mass is 10.1. The van der Waals surface area contributed by atoms with Gasteiger partial charge in [-0.3, -0.25) is 9.88 Å². The summed E-state index contributed by atoms with van der Waals surface area (Å²) >= 11 is 0. The summed E-state index contributed by atoms with van der Waals surface area (Å²) in [6, 6.07) is 27.4. The van der Waals surface area contributed by atoms with Gasteiger partial charge in [0.15, 0.2) is 0 Å². The minimum absolute atomic E-state index is 0.811. The third-order valence-electron chi connectivity index (χ3n) is 4.14. The van der Waals surface area contributed by atoms with Crippen molar-refractivity contribution in [3.05, 3.63) is 102 Å². The van der Waals surface area contributed by atoms with Gasteiger partial charge in [-0.25, -0.2) is 0 Å². The second-order valence-electron chi connectivity index (χ2n) is 6.18. The Kier molecular flexibility index (Phi) is 6.74. The molecule has 0 fully saturated rings. The molecule has 0 amide bonds. The second kappa shape index (κ2) is 9.72. The molecule has 25 heavy (non-hydrogen) atoms. The van der Waals surface area contributed by atoms with E-state index in [9.17, 15) is 0 Å². The van der Waals surface area contributed by atoms with Crippen LogP contribution in [0.2, 0.25) is 0 Å². The highest BCUT2D eigenvalue weighted by molar-refractivity contribution is 5.17. The van der Waals surface area contributed by atoms with E-state index >= 15 is 0 Å². The number of pyridine rings is 1. The molecule has 1 N–H and O–H groups in total. The zero-order valence-corrected chi connectivity index (χ0v) is 14.5. The van der Waals surface area contributed by atoms with Crippen LogP contribution >= 0.6 is 0 Å². The van der Waals surface area contributed by atoms with Gasteiger partial charge in [-0.2, -0.15) is 0 Å². The average molecular weight is 331 g/mol. The van der Waals surface area contributed by atoms with Gasteiger partial charge < -0.3 is 5.32 Å². The molecular weight excluding hydrogens is 306 g/mol. The molecule has 0 saturated heterocycles. The highest BCUT2D eigenvalue weighted by atomic mass is 15.1. The Hall–Kier alpha value is -2.49. The van der Waals surface area contributed by atoms with E-state index in [1.165, 1.54) is 11.1 Å². The molecule has 0 unspecified atom stereocenters. The summed E-state index contributed by atoms with van der Waals surface area (Å²) in [6.07, 6.45) is 1.84. The van der Waals surface area contributed by atoms with E-state index in [0.29, 0.717) is 0 Å². The van der Waals surface area contributed by atoms with Crippen LogP contribution in [0, 0.1) is 0 Å². The van der Waals surface area contributed by atoms with E-state index in [1.54, 1.807) is 0 Å². The molecule has 3 heteroatoms. The number of benzene rings is 2. The third-order valence-corrected chi connectivity index (χ3v) is 4.14. The van der Waals surface area contributed by atoms with Crippen LogP contribution in [0.3, 0.4) is 0 Å². The number of nitrogens with zero attached hydrogens (tertiary/aromatic N) is 2. The normalized spacial score (nSPS) is 10.9. The number of nitrogens with one attached hydrogen (secondary N) is 1. The molecule has 3 rings (SSSR count). The Labute approximate surface area is 150 Å². The van der Waals surface area contributed by atoms with Crippen molar-refractivity contribution in [3.63, 3.8) is 0 Å². The van der Waals surface area contributed by atoms with Crippen LogP contribution in [0.25, 0.3) is 0 Å². The molecule has 2 aromatic carbocycles. The van der Waals surface area contributed by atoms with Crippen molar-refractivity contribution in [2.75, 3.05) is 13.1 Å². The minimum atomic E-state index is 0.811. The molecule has 0 aliphatic heterocycles. The Balaban J connectivity index is 1.54. The van der Waals surface area contributed by atoms with E-state index in [0.717, 1.165) is 38.4 Å². The number of rotatable bonds is 9. The van der Waals surface area contributed by atoms with Crippen molar-refractivity contribution in [1.29, 1.82) is 0 Å². The first-order valence-electron chi connectivity index (χ1n) is 8.81. The van der Waals surface area contributed by atoms with E-state index in [-0.39, 0.29) is 0 Å². The van der Waals surface area contributed by atoms with Crippen molar-refractivity contribution in [2.45, 2.75) is 19.6 Å². The fraction of sp³-hybridized carbons (Fsp3) is 0.227. The first kappa shape index (κ1) is 17.3. The van der Waals surface area contributed by atoms with Gasteiger partial charge in [0.1, 0.15) is 0 Å². The molecule has 0 spiro atoms. The Morgan fingerprint density at radius 1 is 0.720 bits per heavy atom. The van der Waals surface area contributed by atoms with Crippen molar-refractivity contribution >= 4 is 0 Å². The largest absolute Gasteiger partial charge is 0.310 e. The molecule has 1 aromatic heterocycles. The SMILES string of the molecule is c1ccc(CN(CCNCc2ccccn2)Cc2ccccc2)cc1. The molecule has 3 aromatic rings. The van der Waals surface area contributed by atoms with Crippen molar-refractivity contribution in [1.82, 2.24) is 15.2 Å². The molecular formula is C22H25N3. The van der Waals surface area contributed by atoms with Crippen LogP contribution < -0.4 is 5.32 Å². The summed E-state index contributed by atoms with van der Waals surface area (Å²) in [4.78, 5) is 6.84. The topological polar surface area (TPSA) is 28.2 Å². The molecule has 0 atom stereocenters. The molecule has 0 aliphatic rings. The van der Waals surface area contributed by atoms with E-state index in [4.69, 9.17) is 0 Å². The fourth-order valence-electron chi connectivity index (χ4n) is 2.85. The minimum Gasteiger partial charge on any atom is -0.310 e.